The van der Waals surface area contributed by atoms with Crippen molar-refractivity contribution in [3.63, 3.8) is 0 Å². The van der Waals surface area contributed by atoms with E-state index in [0.29, 0.717) is 12.5 Å². The zero-order chi connectivity index (χ0) is 12.3. The molecule has 0 aliphatic carbocycles. The predicted molar refractivity (Wildman–Crippen MR) is 66.2 cm³/mol. The smallest absolute Gasteiger partial charge is 0.222 e. The van der Waals surface area contributed by atoms with E-state index >= 15 is 0 Å². The van der Waals surface area contributed by atoms with Crippen molar-refractivity contribution >= 4 is 5.91 Å². The fraction of sp³-hybridized carbons (Fsp3) is 0.917. The van der Waals surface area contributed by atoms with Gasteiger partial charge >= 0.3 is 0 Å². The van der Waals surface area contributed by atoms with Crippen LogP contribution in [0.2, 0.25) is 0 Å². The van der Waals surface area contributed by atoms with Crippen LogP contribution in [0, 0.1) is 0 Å². The van der Waals surface area contributed by atoms with Crippen LogP contribution in [-0.2, 0) is 4.79 Å². The molecule has 1 aliphatic rings. The highest BCUT2D eigenvalue weighted by molar-refractivity contribution is 5.76. The molecule has 0 aromatic rings. The van der Waals surface area contributed by atoms with E-state index in [0.717, 1.165) is 26.1 Å². The standard InChI is InChI=1S/C12H25N3O/c1-10-9-15(8-7-14(10)4)11(16)5-6-12(2,3)13/h10H,5-9,13H2,1-4H3. The summed E-state index contributed by atoms with van der Waals surface area (Å²) in [5.74, 6) is 0.249. The second-order valence-corrected chi connectivity index (χ2v) is 5.66. The minimum absolute atomic E-state index is 0.242. The summed E-state index contributed by atoms with van der Waals surface area (Å²) >= 11 is 0. The van der Waals surface area contributed by atoms with Gasteiger partial charge in [0.1, 0.15) is 0 Å². The lowest BCUT2D eigenvalue weighted by atomic mass is 9.99. The van der Waals surface area contributed by atoms with Crippen molar-refractivity contribution in [2.75, 3.05) is 26.7 Å². The highest BCUT2D eigenvalue weighted by atomic mass is 16.2. The number of nitrogens with zero attached hydrogens (tertiary/aromatic N) is 2. The van der Waals surface area contributed by atoms with Gasteiger partial charge in [-0.05, 0) is 34.2 Å². The molecule has 1 fully saturated rings. The molecule has 94 valence electrons. The summed E-state index contributed by atoms with van der Waals surface area (Å²) in [5.41, 5.74) is 5.64. The Labute approximate surface area is 98.8 Å². The Balaban J connectivity index is 2.38. The zero-order valence-corrected chi connectivity index (χ0v) is 11.0. The first-order valence-electron chi connectivity index (χ1n) is 6.06. The number of carbonyl (C=O) groups excluding carboxylic acids is 1. The molecule has 1 unspecified atom stereocenters. The van der Waals surface area contributed by atoms with Crippen molar-refractivity contribution in [2.45, 2.75) is 45.2 Å². The van der Waals surface area contributed by atoms with Gasteiger partial charge in [-0.15, -0.1) is 0 Å². The molecule has 1 aliphatic heterocycles. The van der Waals surface area contributed by atoms with Gasteiger partial charge in [0, 0.05) is 37.6 Å². The summed E-state index contributed by atoms with van der Waals surface area (Å²) in [4.78, 5) is 16.2. The van der Waals surface area contributed by atoms with Crippen molar-refractivity contribution in [2.24, 2.45) is 5.73 Å². The number of likely N-dealkylation sites (N-methyl/N-ethyl adjacent to an activating group) is 1. The van der Waals surface area contributed by atoms with Gasteiger partial charge in [0.2, 0.25) is 5.91 Å². The van der Waals surface area contributed by atoms with Crippen LogP contribution >= 0.6 is 0 Å². The Kier molecular flexibility index (Phi) is 4.33. The number of carbonyl (C=O) groups is 1. The molecule has 0 aromatic heterocycles. The predicted octanol–water partition coefficient (Wildman–Crippen LogP) is 0.666. The maximum atomic E-state index is 11.9. The summed E-state index contributed by atoms with van der Waals surface area (Å²) < 4.78 is 0. The lowest BCUT2D eigenvalue weighted by molar-refractivity contribution is -0.134. The van der Waals surface area contributed by atoms with Crippen LogP contribution in [0.25, 0.3) is 0 Å². The van der Waals surface area contributed by atoms with Gasteiger partial charge < -0.3 is 15.5 Å². The van der Waals surface area contributed by atoms with E-state index in [1.165, 1.54) is 0 Å². The average Bonchev–Trinajstić information content (AvgIpc) is 2.17. The van der Waals surface area contributed by atoms with Crippen LogP contribution < -0.4 is 5.73 Å². The van der Waals surface area contributed by atoms with Crippen LogP contribution in [0.3, 0.4) is 0 Å². The molecule has 2 N–H and O–H groups in total. The average molecular weight is 227 g/mol. The molecule has 1 amide bonds. The minimum Gasteiger partial charge on any atom is -0.340 e. The van der Waals surface area contributed by atoms with E-state index in [2.05, 4.69) is 18.9 Å². The van der Waals surface area contributed by atoms with E-state index in [1.807, 2.05) is 18.7 Å². The fourth-order valence-electron chi connectivity index (χ4n) is 1.86. The highest BCUT2D eigenvalue weighted by Crippen LogP contribution is 2.12. The second-order valence-electron chi connectivity index (χ2n) is 5.66. The quantitative estimate of drug-likeness (QED) is 0.771. The van der Waals surface area contributed by atoms with Gasteiger partial charge in [-0.25, -0.2) is 0 Å². The molecule has 0 bridgehead atoms. The van der Waals surface area contributed by atoms with E-state index in [4.69, 9.17) is 5.73 Å². The number of hydrogen-bond acceptors (Lipinski definition) is 3. The van der Waals surface area contributed by atoms with Crippen LogP contribution in [-0.4, -0.2) is 54.0 Å². The number of hydrogen-bond donors (Lipinski definition) is 1. The summed E-state index contributed by atoms with van der Waals surface area (Å²) in [6.07, 6.45) is 1.33. The van der Waals surface area contributed by atoms with E-state index < -0.39 is 0 Å². The molecule has 0 aromatic carbocycles. The van der Waals surface area contributed by atoms with Gasteiger partial charge in [-0.2, -0.15) is 0 Å². The molecule has 16 heavy (non-hydrogen) atoms. The second kappa shape index (κ2) is 5.15. The minimum atomic E-state index is -0.242. The van der Waals surface area contributed by atoms with Gasteiger partial charge in [0.05, 0.1) is 0 Å². The van der Waals surface area contributed by atoms with Gasteiger partial charge in [0.15, 0.2) is 0 Å². The zero-order valence-electron chi connectivity index (χ0n) is 11.0. The Bertz CT molecular complexity index is 247. The lowest BCUT2D eigenvalue weighted by Gasteiger charge is -2.38. The third-order valence-electron chi connectivity index (χ3n) is 3.30. The van der Waals surface area contributed by atoms with E-state index in [-0.39, 0.29) is 11.4 Å². The third kappa shape index (κ3) is 4.10. The van der Waals surface area contributed by atoms with Crippen LogP contribution in [0.4, 0.5) is 0 Å². The molecule has 0 radical (unpaired) electrons. The van der Waals surface area contributed by atoms with Crippen molar-refractivity contribution in [3.8, 4) is 0 Å². The first kappa shape index (κ1) is 13.5. The molecule has 1 heterocycles. The first-order chi connectivity index (χ1) is 7.29. The van der Waals surface area contributed by atoms with E-state index in [9.17, 15) is 4.79 Å². The Morgan fingerprint density at radius 2 is 2.06 bits per heavy atom. The molecular weight excluding hydrogens is 202 g/mol. The SMILES string of the molecule is CC1CN(C(=O)CCC(C)(C)N)CCN1C. The van der Waals surface area contributed by atoms with Gasteiger partial charge in [0.25, 0.3) is 0 Å². The molecule has 0 spiro atoms. The summed E-state index contributed by atoms with van der Waals surface area (Å²) in [5, 5.41) is 0. The normalized spacial score (nSPS) is 23.6. The molecule has 4 heteroatoms. The molecule has 4 nitrogen and oxygen atoms in total. The molecule has 1 atom stereocenters. The Morgan fingerprint density at radius 3 is 2.56 bits per heavy atom. The molecule has 1 saturated heterocycles. The number of rotatable bonds is 3. The molecule has 1 rings (SSSR count). The Hall–Kier alpha value is -0.610. The van der Waals surface area contributed by atoms with Crippen LogP contribution in [0.1, 0.15) is 33.6 Å². The largest absolute Gasteiger partial charge is 0.340 e. The summed E-state index contributed by atoms with van der Waals surface area (Å²) in [7, 11) is 2.11. The fourth-order valence-corrected chi connectivity index (χ4v) is 1.86. The van der Waals surface area contributed by atoms with Crippen LogP contribution in [0.5, 0.6) is 0 Å². The summed E-state index contributed by atoms with van der Waals surface area (Å²) in [6, 6.07) is 0.462. The maximum Gasteiger partial charge on any atom is 0.222 e. The van der Waals surface area contributed by atoms with Crippen LogP contribution in [0.15, 0.2) is 0 Å². The van der Waals surface area contributed by atoms with Crippen molar-refractivity contribution in [3.05, 3.63) is 0 Å². The summed E-state index contributed by atoms with van der Waals surface area (Å²) in [6.45, 7) is 8.76. The maximum absolute atomic E-state index is 11.9. The first-order valence-corrected chi connectivity index (χ1v) is 6.06. The Morgan fingerprint density at radius 1 is 1.44 bits per heavy atom. The monoisotopic (exact) mass is 227 g/mol. The van der Waals surface area contributed by atoms with E-state index in [1.54, 1.807) is 0 Å². The van der Waals surface area contributed by atoms with Gasteiger partial charge in [-0.3, -0.25) is 4.79 Å². The third-order valence-corrected chi connectivity index (χ3v) is 3.30. The van der Waals surface area contributed by atoms with Crippen molar-refractivity contribution < 1.29 is 4.79 Å². The topological polar surface area (TPSA) is 49.6 Å². The number of piperazine rings is 1. The molecule has 0 saturated carbocycles. The number of amides is 1. The van der Waals surface area contributed by atoms with Gasteiger partial charge in [-0.1, -0.05) is 0 Å². The molecular formula is C12H25N3O. The lowest BCUT2D eigenvalue weighted by Crippen LogP contribution is -2.52. The van der Waals surface area contributed by atoms with Crippen molar-refractivity contribution in [1.82, 2.24) is 9.80 Å². The highest BCUT2D eigenvalue weighted by Gasteiger charge is 2.24. The van der Waals surface area contributed by atoms with Crippen molar-refractivity contribution in [1.29, 1.82) is 0 Å². The number of nitrogens with two attached hydrogens (primary N) is 1.